The molecule has 0 bridgehead atoms. The number of benzene rings is 1. The smallest absolute Gasteiger partial charge is 0.268 e. The van der Waals surface area contributed by atoms with Crippen molar-refractivity contribution in [1.82, 2.24) is 4.98 Å². The Kier molecular flexibility index (Phi) is 2.27. The second kappa shape index (κ2) is 4.00. The van der Waals surface area contributed by atoms with Gasteiger partial charge in [-0.1, -0.05) is 18.2 Å². The first-order chi connectivity index (χ1) is 9.75. The van der Waals surface area contributed by atoms with Crippen LogP contribution in [0.3, 0.4) is 0 Å². The van der Waals surface area contributed by atoms with Gasteiger partial charge in [0.2, 0.25) is 0 Å². The minimum absolute atomic E-state index is 0.286. The third-order valence-electron chi connectivity index (χ3n) is 3.77. The van der Waals surface area contributed by atoms with Crippen molar-refractivity contribution >= 4 is 17.5 Å². The highest BCUT2D eigenvalue weighted by Crippen LogP contribution is 2.40. The molecule has 1 aliphatic heterocycles. The predicted molar refractivity (Wildman–Crippen MR) is 73.8 cm³/mol. The zero-order chi connectivity index (χ0) is 13.7. The fraction of sp³-hybridized carbons (Fsp3) is 0.188. The Bertz CT molecular complexity index is 721. The van der Waals surface area contributed by atoms with E-state index >= 15 is 0 Å². The van der Waals surface area contributed by atoms with Gasteiger partial charge in [-0.15, -0.1) is 0 Å². The van der Waals surface area contributed by atoms with Gasteiger partial charge in [-0.2, -0.15) is 0 Å². The number of hydrogen-bond acceptors (Lipinski definition) is 3. The van der Waals surface area contributed by atoms with Gasteiger partial charge < -0.3 is 0 Å². The number of pyridine rings is 1. The Morgan fingerprint density at radius 1 is 0.950 bits per heavy atom. The number of rotatable bonds is 2. The number of hydrogen-bond donors (Lipinski definition) is 0. The maximum atomic E-state index is 12.4. The summed E-state index contributed by atoms with van der Waals surface area (Å²) < 4.78 is 0. The zero-order valence-corrected chi connectivity index (χ0v) is 10.7. The fourth-order valence-electron chi connectivity index (χ4n) is 2.55. The number of carbonyl (C=O) groups is 2. The van der Waals surface area contributed by atoms with Gasteiger partial charge in [-0.05, 0) is 37.1 Å². The third-order valence-corrected chi connectivity index (χ3v) is 3.77. The number of para-hydroxylation sites is 1. The normalized spacial score (nSPS) is 17.5. The van der Waals surface area contributed by atoms with Crippen LogP contribution in [0.4, 0.5) is 5.69 Å². The quantitative estimate of drug-likeness (QED) is 0.784. The summed E-state index contributed by atoms with van der Waals surface area (Å²) in [6, 6.07) is 12.6. The van der Waals surface area contributed by atoms with Gasteiger partial charge in [0.25, 0.3) is 11.8 Å². The van der Waals surface area contributed by atoms with Crippen LogP contribution in [0, 0.1) is 0 Å². The molecule has 0 N–H and O–H groups in total. The van der Waals surface area contributed by atoms with Crippen LogP contribution in [0.15, 0.2) is 42.5 Å². The predicted octanol–water partition coefficient (Wildman–Crippen LogP) is 2.76. The van der Waals surface area contributed by atoms with E-state index in [4.69, 9.17) is 0 Å². The molecule has 1 fully saturated rings. The lowest BCUT2D eigenvalue weighted by atomic mass is 10.1. The second-order valence-corrected chi connectivity index (χ2v) is 5.19. The van der Waals surface area contributed by atoms with Crippen molar-refractivity contribution in [2.75, 3.05) is 4.90 Å². The van der Waals surface area contributed by atoms with E-state index < -0.39 is 0 Å². The number of fused-ring (bicyclic) bond motifs is 1. The van der Waals surface area contributed by atoms with Gasteiger partial charge in [0.15, 0.2) is 0 Å². The lowest BCUT2D eigenvalue weighted by molar-refractivity contribution is 0.0924. The van der Waals surface area contributed by atoms with Crippen molar-refractivity contribution in [2.24, 2.45) is 0 Å². The molecule has 1 aromatic heterocycles. The SMILES string of the molecule is O=C1c2ccc(C3CC3)nc2C(=O)N1c1ccccc1. The number of anilines is 1. The number of amides is 2. The molecule has 4 heteroatoms. The van der Waals surface area contributed by atoms with Crippen LogP contribution < -0.4 is 4.90 Å². The Hall–Kier alpha value is -2.49. The summed E-state index contributed by atoms with van der Waals surface area (Å²) in [6.45, 7) is 0. The Labute approximate surface area is 116 Å². The molecule has 0 unspecified atom stereocenters. The fourth-order valence-corrected chi connectivity index (χ4v) is 2.55. The van der Waals surface area contributed by atoms with Crippen molar-refractivity contribution in [1.29, 1.82) is 0 Å². The molecule has 1 aromatic carbocycles. The number of aromatic nitrogens is 1. The van der Waals surface area contributed by atoms with Crippen LogP contribution in [-0.4, -0.2) is 16.8 Å². The molecule has 1 saturated carbocycles. The van der Waals surface area contributed by atoms with Crippen LogP contribution in [0.25, 0.3) is 0 Å². The average Bonchev–Trinajstić information content (AvgIpc) is 3.29. The van der Waals surface area contributed by atoms with E-state index in [1.807, 2.05) is 24.3 Å². The summed E-state index contributed by atoms with van der Waals surface area (Å²) >= 11 is 0. The molecule has 0 spiro atoms. The maximum Gasteiger partial charge on any atom is 0.284 e. The molecule has 4 rings (SSSR count). The molecule has 1 aliphatic carbocycles. The highest BCUT2D eigenvalue weighted by molar-refractivity contribution is 6.33. The van der Waals surface area contributed by atoms with E-state index in [1.54, 1.807) is 18.2 Å². The minimum Gasteiger partial charge on any atom is -0.268 e. The summed E-state index contributed by atoms with van der Waals surface area (Å²) in [5.74, 6) is -0.140. The summed E-state index contributed by atoms with van der Waals surface area (Å²) in [6.07, 6.45) is 2.24. The largest absolute Gasteiger partial charge is 0.284 e. The van der Waals surface area contributed by atoms with Crippen LogP contribution in [0.1, 0.15) is 45.3 Å². The molecule has 98 valence electrons. The number of nitrogens with zero attached hydrogens (tertiary/aromatic N) is 2. The van der Waals surface area contributed by atoms with E-state index in [9.17, 15) is 9.59 Å². The highest BCUT2D eigenvalue weighted by Gasteiger charge is 2.39. The van der Waals surface area contributed by atoms with Crippen LogP contribution in [0.2, 0.25) is 0 Å². The summed E-state index contributed by atoms with van der Waals surface area (Å²) in [5.41, 5.74) is 2.22. The Balaban J connectivity index is 1.80. The average molecular weight is 264 g/mol. The molecule has 2 heterocycles. The Morgan fingerprint density at radius 3 is 2.40 bits per heavy atom. The van der Waals surface area contributed by atoms with E-state index in [1.165, 1.54) is 4.90 Å². The zero-order valence-electron chi connectivity index (χ0n) is 10.7. The van der Waals surface area contributed by atoms with Crippen molar-refractivity contribution in [3.05, 3.63) is 59.4 Å². The van der Waals surface area contributed by atoms with E-state index in [2.05, 4.69) is 4.98 Å². The molecule has 2 aromatic rings. The van der Waals surface area contributed by atoms with Crippen LogP contribution in [0.5, 0.6) is 0 Å². The van der Waals surface area contributed by atoms with Gasteiger partial charge in [0.1, 0.15) is 5.69 Å². The van der Waals surface area contributed by atoms with E-state index in [0.29, 0.717) is 22.9 Å². The van der Waals surface area contributed by atoms with Gasteiger partial charge in [-0.25, -0.2) is 9.88 Å². The molecule has 0 atom stereocenters. The van der Waals surface area contributed by atoms with Crippen molar-refractivity contribution in [2.45, 2.75) is 18.8 Å². The molecule has 4 nitrogen and oxygen atoms in total. The van der Waals surface area contributed by atoms with Gasteiger partial charge in [-0.3, -0.25) is 9.59 Å². The third kappa shape index (κ3) is 1.58. The van der Waals surface area contributed by atoms with Crippen LogP contribution >= 0.6 is 0 Å². The minimum atomic E-state index is -0.321. The summed E-state index contributed by atoms with van der Waals surface area (Å²) in [4.78, 5) is 30.4. The molecular weight excluding hydrogens is 252 g/mol. The van der Waals surface area contributed by atoms with Crippen molar-refractivity contribution in [3.8, 4) is 0 Å². The Morgan fingerprint density at radius 2 is 1.70 bits per heavy atom. The van der Waals surface area contributed by atoms with Gasteiger partial charge >= 0.3 is 0 Å². The molecule has 20 heavy (non-hydrogen) atoms. The molecule has 2 amide bonds. The maximum absolute atomic E-state index is 12.4. The lowest BCUT2D eigenvalue weighted by Gasteiger charge is -2.12. The van der Waals surface area contributed by atoms with Gasteiger partial charge in [0.05, 0.1) is 11.3 Å². The molecule has 0 radical (unpaired) electrons. The number of carbonyl (C=O) groups excluding carboxylic acids is 2. The van der Waals surface area contributed by atoms with Gasteiger partial charge in [0, 0.05) is 11.6 Å². The highest BCUT2D eigenvalue weighted by atomic mass is 16.2. The summed E-state index contributed by atoms with van der Waals surface area (Å²) in [5, 5.41) is 0. The molecular formula is C16H12N2O2. The first-order valence-corrected chi connectivity index (χ1v) is 6.70. The first-order valence-electron chi connectivity index (χ1n) is 6.70. The van der Waals surface area contributed by atoms with E-state index in [-0.39, 0.29) is 11.8 Å². The standard InChI is InChI=1S/C16H12N2O2/c19-15-12-8-9-13(10-6-7-10)17-14(12)16(20)18(15)11-4-2-1-3-5-11/h1-5,8-10H,6-7H2. The van der Waals surface area contributed by atoms with Crippen molar-refractivity contribution < 1.29 is 9.59 Å². The first kappa shape index (κ1) is 11.3. The monoisotopic (exact) mass is 264 g/mol. The van der Waals surface area contributed by atoms with Crippen molar-refractivity contribution in [3.63, 3.8) is 0 Å². The van der Waals surface area contributed by atoms with E-state index in [0.717, 1.165) is 18.5 Å². The molecule has 0 saturated heterocycles. The number of imide groups is 1. The summed E-state index contributed by atoms with van der Waals surface area (Å²) in [7, 11) is 0. The lowest BCUT2D eigenvalue weighted by Crippen LogP contribution is -2.29. The second-order valence-electron chi connectivity index (χ2n) is 5.19. The topological polar surface area (TPSA) is 50.3 Å². The molecule has 2 aliphatic rings. The van der Waals surface area contributed by atoms with Crippen LogP contribution in [-0.2, 0) is 0 Å².